The van der Waals surface area contributed by atoms with Gasteiger partial charge in [-0.25, -0.2) is 0 Å². The molecule has 0 saturated carbocycles. The van der Waals surface area contributed by atoms with Crippen molar-refractivity contribution in [1.29, 1.82) is 0 Å². The maximum absolute atomic E-state index is 13.0. The lowest BCUT2D eigenvalue weighted by molar-refractivity contribution is 0.592. The molecule has 0 bridgehead atoms. The van der Waals surface area contributed by atoms with Crippen LogP contribution >= 0.6 is 0 Å². The Bertz CT molecular complexity index is 551. The second-order valence-electron chi connectivity index (χ2n) is 5.08. The van der Waals surface area contributed by atoms with E-state index in [4.69, 9.17) is 0 Å². The predicted molar refractivity (Wildman–Crippen MR) is 85.8 cm³/mol. The van der Waals surface area contributed by atoms with Crippen LogP contribution in [-0.2, 0) is 24.0 Å². The summed E-state index contributed by atoms with van der Waals surface area (Å²) >= 11 is -1.09. The molecule has 0 fully saturated rings. The second kappa shape index (κ2) is 6.47. The molecule has 0 heterocycles. The van der Waals surface area contributed by atoms with Gasteiger partial charge in [-0.15, -0.1) is 0 Å². The first-order valence-electron chi connectivity index (χ1n) is 7.18. The summed E-state index contributed by atoms with van der Waals surface area (Å²) in [7, 11) is 0. The third-order valence-electron chi connectivity index (χ3n) is 3.84. The van der Waals surface area contributed by atoms with Gasteiger partial charge in [0.1, 0.15) is 0 Å². The number of hydrogen-bond acceptors (Lipinski definition) is 1. The fourth-order valence-corrected chi connectivity index (χ4v) is 4.42. The van der Waals surface area contributed by atoms with Crippen LogP contribution < -0.4 is 0 Å². The topological polar surface area (TPSA) is 23.1 Å². The fraction of sp³-hybridized carbons (Fsp3) is 0.333. The van der Waals surface area contributed by atoms with Crippen LogP contribution in [0.1, 0.15) is 36.1 Å². The number of benzene rings is 2. The van der Waals surface area contributed by atoms with Crippen LogP contribution in [0.5, 0.6) is 0 Å². The Balaban J connectivity index is 2.55. The third-order valence-corrected chi connectivity index (χ3v) is 5.41. The monoisotopic (exact) mass is 286 g/mol. The van der Waals surface area contributed by atoms with Crippen LogP contribution in [0.15, 0.2) is 46.2 Å². The van der Waals surface area contributed by atoms with Gasteiger partial charge in [-0.05, 0) is 49.9 Å². The van der Waals surface area contributed by atoms with Crippen LogP contribution in [0.4, 0.5) is 0 Å². The molecule has 106 valence electrons. The summed E-state index contributed by atoms with van der Waals surface area (Å²) in [6.45, 7) is 8.44. The van der Waals surface area contributed by atoms with Gasteiger partial charge in [0.25, 0.3) is 0 Å². The molecule has 2 rings (SSSR count). The third kappa shape index (κ3) is 2.77. The summed E-state index contributed by atoms with van der Waals surface area (Å²) in [6.07, 6.45) is 1.84. The smallest absolute Gasteiger partial charge is 0.161 e. The van der Waals surface area contributed by atoms with Gasteiger partial charge in [0.05, 0.1) is 0 Å². The predicted octanol–water partition coefficient (Wildman–Crippen LogP) is 4.59. The molecule has 20 heavy (non-hydrogen) atoms. The summed E-state index contributed by atoms with van der Waals surface area (Å²) in [5.74, 6) is 0. The van der Waals surface area contributed by atoms with Crippen molar-refractivity contribution in [3.05, 3.63) is 58.7 Å². The van der Waals surface area contributed by atoms with Crippen LogP contribution in [0.2, 0.25) is 0 Å². The molecule has 0 aromatic heterocycles. The standard InChI is InChI=1S/C18H22OS/c1-5-15-13(3)9-7-11-17(15)20(19)18-12-8-10-14(4)16(18)6-2/h7-12H,5-6H2,1-4H3. The first kappa shape index (κ1) is 15.1. The maximum Gasteiger partial charge on any atom is 0.161 e. The molecule has 2 aromatic carbocycles. The van der Waals surface area contributed by atoms with Gasteiger partial charge in [0, 0.05) is 22.3 Å². The first-order valence-corrected chi connectivity index (χ1v) is 8.33. The number of rotatable bonds is 4. The van der Waals surface area contributed by atoms with Gasteiger partial charge in [-0.1, -0.05) is 38.1 Å². The van der Waals surface area contributed by atoms with Crippen molar-refractivity contribution in [2.24, 2.45) is 0 Å². The zero-order valence-corrected chi connectivity index (χ0v) is 13.5. The minimum atomic E-state index is -1.09. The molecule has 0 atom stereocenters. The SMILES string of the molecule is CCc1c(C)cccc1[S+]([O-])c1cccc(C)c1CC. The molecule has 0 aliphatic rings. The van der Waals surface area contributed by atoms with E-state index in [1.807, 2.05) is 24.3 Å². The van der Waals surface area contributed by atoms with E-state index < -0.39 is 11.2 Å². The van der Waals surface area contributed by atoms with Crippen molar-refractivity contribution in [2.75, 3.05) is 0 Å². The number of aryl methyl sites for hydroxylation is 2. The van der Waals surface area contributed by atoms with Crippen LogP contribution in [-0.4, -0.2) is 4.55 Å². The normalized spacial score (nSPS) is 11.1. The molecule has 0 unspecified atom stereocenters. The maximum atomic E-state index is 13.0. The Kier molecular flexibility index (Phi) is 4.90. The molecular weight excluding hydrogens is 264 g/mol. The van der Waals surface area contributed by atoms with Crippen molar-refractivity contribution in [3.63, 3.8) is 0 Å². The van der Waals surface area contributed by atoms with Crippen molar-refractivity contribution < 1.29 is 4.55 Å². The summed E-state index contributed by atoms with van der Waals surface area (Å²) < 4.78 is 13.0. The largest absolute Gasteiger partial charge is 0.606 e. The van der Waals surface area contributed by atoms with Gasteiger partial charge in [-0.2, -0.15) is 0 Å². The highest BCUT2D eigenvalue weighted by Gasteiger charge is 2.22. The highest BCUT2D eigenvalue weighted by atomic mass is 32.2. The van der Waals surface area contributed by atoms with E-state index in [-0.39, 0.29) is 0 Å². The van der Waals surface area contributed by atoms with E-state index in [2.05, 4.69) is 39.8 Å². The molecule has 2 heteroatoms. The Labute approximate surface area is 125 Å². The Morgan fingerprint density at radius 3 is 1.55 bits per heavy atom. The fourth-order valence-electron chi connectivity index (χ4n) is 2.72. The molecule has 0 radical (unpaired) electrons. The minimum absolute atomic E-state index is 0.918. The first-order chi connectivity index (χ1) is 9.60. The van der Waals surface area contributed by atoms with Gasteiger partial charge in [-0.3, -0.25) is 0 Å². The van der Waals surface area contributed by atoms with E-state index in [0.29, 0.717) is 0 Å². The second-order valence-corrected chi connectivity index (χ2v) is 6.50. The molecule has 1 nitrogen and oxygen atoms in total. The van der Waals surface area contributed by atoms with E-state index in [1.54, 1.807) is 0 Å². The summed E-state index contributed by atoms with van der Waals surface area (Å²) in [6, 6.07) is 12.2. The molecule has 0 amide bonds. The van der Waals surface area contributed by atoms with Crippen LogP contribution in [0, 0.1) is 13.8 Å². The van der Waals surface area contributed by atoms with Gasteiger partial charge >= 0.3 is 0 Å². The lowest BCUT2D eigenvalue weighted by atomic mass is 10.1. The zero-order valence-electron chi connectivity index (χ0n) is 12.7. The molecule has 0 aliphatic carbocycles. The lowest BCUT2D eigenvalue weighted by Gasteiger charge is -2.18. The van der Waals surface area contributed by atoms with Crippen molar-refractivity contribution >= 4 is 11.2 Å². The quantitative estimate of drug-likeness (QED) is 0.754. The van der Waals surface area contributed by atoms with E-state index in [1.165, 1.54) is 22.3 Å². The van der Waals surface area contributed by atoms with Gasteiger partial charge < -0.3 is 4.55 Å². The average molecular weight is 286 g/mol. The molecule has 0 spiro atoms. The molecule has 0 N–H and O–H groups in total. The van der Waals surface area contributed by atoms with E-state index >= 15 is 0 Å². The zero-order chi connectivity index (χ0) is 14.7. The number of hydrogen-bond donors (Lipinski definition) is 0. The minimum Gasteiger partial charge on any atom is -0.606 e. The highest BCUT2D eigenvalue weighted by molar-refractivity contribution is 7.91. The van der Waals surface area contributed by atoms with E-state index in [0.717, 1.165) is 22.6 Å². The Hall–Kier alpha value is -1.25. The molecular formula is C18H22OS. The Morgan fingerprint density at radius 2 is 1.20 bits per heavy atom. The summed E-state index contributed by atoms with van der Waals surface area (Å²) in [4.78, 5) is 1.93. The van der Waals surface area contributed by atoms with Crippen molar-refractivity contribution in [3.8, 4) is 0 Å². The Morgan fingerprint density at radius 1 is 0.800 bits per heavy atom. The molecule has 0 aliphatic heterocycles. The van der Waals surface area contributed by atoms with Crippen LogP contribution in [0.25, 0.3) is 0 Å². The average Bonchev–Trinajstić information content (AvgIpc) is 2.46. The van der Waals surface area contributed by atoms with Gasteiger partial charge in [0.2, 0.25) is 0 Å². The highest BCUT2D eigenvalue weighted by Crippen LogP contribution is 2.30. The van der Waals surface area contributed by atoms with Crippen molar-refractivity contribution in [2.45, 2.75) is 50.3 Å². The van der Waals surface area contributed by atoms with Gasteiger partial charge in [0.15, 0.2) is 9.79 Å². The summed E-state index contributed by atoms with van der Waals surface area (Å²) in [5, 5.41) is 0. The summed E-state index contributed by atoms with van der Waals surface area (Å²) in [5.41, 5.74) is 4.89. The molecule has 0 saturated heterocycles. The van der Waals surface area contributed by atoms with Crippen molar-refractivity contribution in [1.82, 2.24) is 0 Å². The van der Waals surface area contributed by atoms with Crippen LogP contribution in [0.3, 0.4) is 0 Å². The lowest BCUT2D eigenvalue weighted by Crippen LogP contribution is -2.10. The molecule has 2 aromatic rings. The van der Waals surface area contributed by atoms with E-state index in [9.17, 15) is 4.55 Å².